The first-order valence-electron chi connectivity index (χ1n) is 4.12. The Morgan fingerprint density at radius 1 is 1.50 bits per heavy atom. The van der Waals surface area contributed by atoms with Gasteiger partial charge in [-0.3, -0.25) is 4.79 Å². The molecule has 0 fully saturated rings. The number of benzene rings is 1. The van der Waals surface area contributed by atoms with Crippen LogP contribution in [0.2, 0.25) is 0 Å². The van der Waals surface area contributed by atoms with Crippen LogP contribution in [0.1, 0.15) is 22.3 Å². The quantitative estimate of drug-likeness (QED) is 0.567. The van der Waals surface area contributed by atoms with Gasteiger partial charge < -0.3 is 5.11 Å². The predicted octanol–water partition coefficient (Wildman–Crippen LogP) is 1.37. The van der Waals surface area contributed by atoms with Crippen LogP contribution in [0.25, 0.3) is 0 Å². The van der Waals surface area contributed by atoms with Crippen molar-refractivity contribution >= 4 is 6.29 Å². The number of aliphatic hydroxyl groups excluding tert-OH is 1. The Bertz CT molecular complexity index is 388. The van der Waals surface area contributed by atoms with E-state index in [4.69, 9.17) is 5.11 Å². The van der Waals surface area contributed by atoms with E-state index in [2.05, 4.69) is 11.8 Å². The van der Waals surface area contributed by atoms with Crippen molar-refractivity contribution in [2.45, 2.75) is 6.42 Å². The van der Waals surface area contributed by atoms with Crippen molar-refractivity contribution in [2.24, 2.45) is 0 Å². The van der Waals surface area contributed by atoms with Crippen molar-refractivity contribution in [1.82, 2.24) is 0 Å². The Kier molecular flexibility index (Phi) is 3.84. The highest BCUT2D eigenvalue weighted by atomic mass is 19.1. The molecule has 0 aromatic heterocycles. The van der Waals surface area contributed by atoms with E-state index in [9.17, 15) is 9.18 Å². The van der Waals surface area contributed by atoms with Gasteiger partial charge in [-0.15, -0.1) is 0 Å². The molecule has 3 heteroatoms. The maximum absolute atomic E-state index is 13.0. The number of halogens is 1. The molecule has 0 spiro atoms. The molecule has 0 bridgehead atoms. The SMILES string of the molecule is O=Cc1ccc(C#CCCO)cc1F. The molecule has 2 nitrogen and oxygen atoms in total. The van der Waals surface area contributed by atoms with E-state index < -0.39 is 5.82 Å². The molecule has 72 valence electrons. The van der Waals surface area contributed by atoms with Crippen LogP contribution in [0.3, 0.4) is 0 Å². The van der Waals surface area contributed by atoms with Gasteiger partial charge in [-0.05, 0) is 18.2 Å². The van der Waals surface area contributed by atoms with E-state index in [1.54, 1.807) is 6.07 Å². The van der Waals surface area contributed by atoms with Gasteiger partial charge in [0.1, 0.15) is 5.82 Å². The van der Waals surface area contributed by atoms with Crippen molar-refractivity contribution in [1.29, 1.82) is 0 Å². The molecule has 0 aliphatic carbocycles. The molecule has 0 aliphatic heterocycles. The van der Waals surface area contributed by atoms with Crippen LogP contribution in [0.15, 0.2) is 18.2 Å². The van der Waals surface area contributed by atoms with Crippen molar-refractivity contribution in [3.8, 4) is 11.8 Å². The minimum Gasteiger partial charge on any atom is -0.395 e. The molecule has 1 aromatic carbocycles. The first kappa shape index (κ1) is 10.4. The fourth-order valence-corrected chi connectivity index (χ4v) is 0.921. The molecule has 1 aromatic rings. The average Bonchev–Trinajstić information content (AvgIpc) is 2.18. The first-order chi connectivity index (χ1) is 6.77. The van der Waals surface area contributed by atoms with Gasteiger partial charge in [0.25, 0.3) is 0 Å². The normalized spacial score (nSPS) is 9.00. The first-order valence-corrected chi connectivity index (χ1v) is 4.12. The summed E-state index contributed by atoms with van der Waals surface area (Å²) in [6.45, 7) is -0.0120. The molecule has 0 saturated heterocycles. The highest BCUT2D eigenvalue weighted by Gasteiger charge is 1.99. The number of aldehydes is 1. The van der Waals surface area contributed by atoms with Gasteiger partial charge in [-0.1, -0.05) is 11.8 Å². The van der Waals surface area contributed by atoms with Gasteiger partial charge in [-0.2, -0.15) is 0 Å². The topological polar surface area (TPSA) is 37.3 Å². The molecule has 1 rings (SSSR count). The summed E-state index contributed by atoms with van der Waals surface area (Å²) in [6, 6.07) is 4.15. The second-order valence-electron chi connectivity index (χ2n) is 2.63. The molecule has 0 saturated carbocycles. The maximum atomic E-state index is 13.0. The zero-order valence-electron chi connectivity index (χ0n) is 7.46. The van der Waals surface area contributed by atoms with E-state index in [-0.39, 0.29) is 12.2 Å². The fraction of sp³-hybridized carbons (Fsp3) is 0.182. The van der Waals surface area contributed by atoms with Crippen LogP contribution < -0.4 is 0 Å². The number of hydrogen-bond acceptors (Lipinski definition) is 2. The molecule has 0 unspecified atom stereocenters. The van der Waals surface area contributed by atoms with Gasteiger partial charge >= 0.3 is 0 Å². The summed E-state index contributed by atoms with van der Waals surface area (Å²) in [6.07, 6.45) is 0.817. The summed E-state index contributed by atoms with van der Waals surface area (Å²) >= 11 is 0. The number of aliphatic hydroxyl groups is 1. The molecule has 14 heavy (non-hydrogen) atoms. The summed E-state index contributed by atoms with van der Waals surface area (Å²) in [5.41, 5.74) is 0.527. The lowest BCUT2D eigenvalue weighted by molar-refractivity contribution is 0.112. The molecule has 0 heterocycles. The standard InChI is InChI=1S/C11H9FO2/c12-11-7-9(3-1-2-6-13)4-5-10(11)8-14/h4-5,7-8,13H,2,6H2. The Morgan fingerprint density at radius 3 is 2.86 bits per heavy atom. The van der Waals surface area contributed by atoms with Crippen LogP contribution in [0.5, 0.6) is 0 Å². The van der Waals surface area contributed by atoms with Crippen LogP contribution >= 0.6 is 0 Å². The predicted molar refractivity (Wildman–Crippen MR) is 50.4 cm³/mol. The molecular formula is C11H9FO2. The van der Waals surface area contributed by atoms with Gasteiger partial charge in [0.15, 0.2) is 6.29 Å². The third-order valence-electron chi connectivity index (χ3n) is 1.60. The zero-order chi connectivity index (χ0) is 10.4. The Balaban J connectivity index is 2.88. The van der Waals surface area contributed by atoms with Crippen LogP contribution in [0.4, 0.5) is 4.39 Å². The third-order valence-corrected chi connectivity index (χ3v) is 1.60. The van der Waals surface area contributed by atoms with E-state index in [1.165, 1.54) is 12.1 Å². The van der Waals surface area contributed by atoms with E-state index >= 15 is 0 Å². The summed E-state index contributed by atoms with van der Waals surface area (Å²) in [4.78, 5) is 10.3. The van der Waals surface area contributed by atoms with Crippen molar-refractivity contribution < 1.29 is 14.3 Å². The minimum absolute atomic E-state index is 0.0120. The lowest BCUT2D eigenvalue weighted by atomic mass is 10.1. The summed E-state index contributed by atoms with van der Waals surface area (Å²) < 4.78 is 13.0. The van der Waals surface area contributed by atoms with Crippen molar-refractivity contribution in [3.05, 3.63) is 35.1 Å². The number of rotatable bonds is 2. The molecule has 0 amide bonds. The summed E-state index contributed by atoms with van der Waals surface area (Å²) in [7, 11) is 0. The summed E-state index contributed by atoms with van der Waals surface area (Å²) in [5.74, 6) is 4.76. The molecule has 0 atom stereocenters. The zero-order valence-corrected chi connectivity index (χ0v) is 7.46. The monoisotopic (exact) mass is 192 g/mol. The highest BCUT2D eigenvalue weighted by molar-refractivity contribution is 5.75. The molecular weight excluding hydrogens is 183 g/mol. The highest BCUT2D eigenvalue weighted by Crippen LogP contribution is 2.07. The smallest absolute Gasteiger partial charge is 0.152 e. The van der Waals surface area contributed by atoms with E-state index in [0.717, 1.165) is 0 Å². The molecule has 0 radical (unpaired) electrons. The number of carbonyl (C=O) groups excluding carboxylic acids is 1. The van der Waals surface area contributed by atoms with Crippen LogP contribution in [0, 0.1) is 17.7 Å². The van der Waals surface area contributed by atoms with Gasteiger partial charge in [0, 0.05) is 12.0 Å². The van der Waals surface area contributed by atoms with Crippen LogP contribution in [-0.4, -0.2) is 18.0 Å². The van der Waals surface area contributed by atoms with E-state index in [1.807, 2.05) is 0 Å². The third kappa shape index (κ3) is 2.68. The number of hydrogen-bond donors (Lipinski definition) is 1. The van der Waals surface area contributed by atoms with Gasteiger partial charge in [0.2, 0.25) is 0 Å². The molecule has 1 N–H and O–H groups in total. The van der Waals surface area contributed by atoms with Gasteiger partial charge in [-0.25, -0.2) is 4.39 Å². The van der Waals surface area contributed by atoms with Crippen LogP contribution in [-0.2, 0) is 0 Å². The fourth-order valence-electron chi connectivity index (χ4n) is 0.921. The van der Waals surface area contributed by atoms with Crippen molar-refractivity contribution in [2.75, 3.05) is 6.61 Å². The molecule has 0 aliphatic rings. The lowest BCUT2D eigenvalue weighted by Crippen LogP contribution is -1.88. The second-order valence-corrected chi connectivity index (χ2v) is 2.63. The average molecular weight is 192 g/mol. The Labute approximate surface area is 81.4 Å². The summed E-state index contributed by atoms with van der Waals surface area (Å²) in [5, 5.41) is 8.46. The Morgan fingerprint density at radius 2 is 2.29 bits per heavy atom. The second kappa shape index (κ2) is 5.15. The Hall–Kier alpha value is -1.66. The van der Waals surface area contributed by atoms with Crippen molar-refractivity contribution in [3.63, 3.8) is 0 Å². The van der Waals surface area contributed by atoms with Gasteiger partial charge in [0.05, 0.1) is 12.2 Å². The number of carbonyl (C=O) groups is 1. The lowest BCUT2D eigenvalue weighted by Gasteiger charge is -1.94. The largest absolute Gasteiger partial charge is 0.395 e. The maximum Gasteiger partial charge on any atom is 0.152 e. The minimum atomic E-state index is -0.573. The van der Waals surface area contributed by atoms with E-state index in [0.29, 0.717) is 18.3 Å².